The molecule has 1 aliphatic rings. The minimum atomic E-state index is 0.342. The standard InChI is InChI=1S/C16H34N2O/c1-7-17-15-8-10-18(14(3)13(15)2)12-16(4,5)9-11-19-6/h13-15,17H,7-12H2,1-6H3. The molecule has 3 nitrogen and oxygen atoms in total. The first-order chi connectivity index (χ1) is 8.91. The minimum absolute atomic E-state index is 0.342. The van der Waals surface area contributed by atoms with Crippen molar-refractivity contribution in [1.82, 2.24) is 10.2 Å². The van der Waals surface area contributed by atoms with Crippen LogP contribution in [0.15, 0.2) is 0 Å². The minimum Gasteiger partial charge on any atom is -0.385 e. The van der Waals surface area contributed by atoms with Gasteiger partial charge in [0.15, 0.2) is 0 Å². The van der Waals surface area contributed by atoms with E-state index in [2.05, 4.69) is 44.8 Å². The van der Waals surface area contributed by atoms with Crippen LogP contribution in [-0.2, 0) is 4.74 Å². The highest BCUT2D eigenvalue weighted by atomic mass is 16.5. The van der Waals surface area contributed by atoms with Gasteiger partial charge < -0.3 is 10.1 Å². The van der Waals surface area contributed by atoms with Crippen molar-refractivity contribution in [3.05, 3.63) is 0 Å². The van der Waals surface area contributed by atoms with Crippen LogP contribution in [0, 0.1) is 11.3 Å². The lowest BCUT2D eigenvalue weighted by Crippen LogP contribution is -2.55. The molecule has 0 aliphatic carbocycles. The van der Waals surface area contributed by atoms with Gasteiger partial charge in [0.2, 0.25) is 0 Å². The lowest BCUT2D eigenvalue weighted by atomic mass is 9.83. The zero-order valence-electron chi connectivity index (χ0n) is 13.8. The number of methoxy groups -OCH3 is 1. The van der Waals surface area contributed by atoms with Gasteiger partial charge in [0.05, 0.1) is 0 Å². The average Bonchev–Trinajstić information content (AvgIpc) is 2.36. The highest BCUT2D eigenvalue weighted by Crippen LogP contribution is 2.29. The molecule has 0 radical (unpaired) electrons. The van der Waals surface area contributed by atoms with Gasteiger partial charge in [-0.3, -0.25) is 4.90 Å². The van der Waals surface area contributed by atoms with Gasteiger partial charge in [0, 0.05) is 32.3 Å². The normalized spacial score (nSPS) is 29.7. The summed E-state index contributed by atoms with van der Waals surface area (Å²) in [6.45, 7) is 16.1. The van der Waals surface area contributed by atoms with Crippen LogP contribution in [0.25, 0.3) is 0 Å². The highest BCUT2D eigenvalue weighted by molar-refractivity contribution is 4.90. The van der Waals surface area contributed by atoms with E-state index in [0.717, 1.165) is 25.5 Å². The molecule has 0 spiro atoms. The Kier molecular flexibility index (Phi) is 6.78. The van der Waals surface area contributed by atoms with E-state index >= 15 is 0 Å². The van der Waals surface area contributed by atoms with Gasteiger partial charge in [-0.15, -0.1) is 0 Å². The monoisotopic (exact) mass is 270 g/mol. The fourth-order valence-electron chi connectivity index (χ4n) is 3.22. The predicted molar refractivity (Wildman–Crippen MR) is 82.6 cm³/mol. The first-order valence-corrected chi connectivity index (χ1v) is 7.87. The summed E-state index contributed by atoms with van der Waals surface area (Å²) in [5.74, 6) is 0.729. The number of hydrogen-bond donors (Lipinski definition) is 1. The van der Waals surface area contributed by atoms with Gasteiger partial charge in [-0.25, -0.2) is 0 Å². The highest BCUT2D eigenvalue weighted by Gasteiger charge is 2.34. The van der Waals surface area contributed by atoms with Crippen molar-refractivity contribution in [2.45, 2.75) is 59.5 Å². The zero-order chi connectivity index (χ0) is 14.5. The molecule has 3 unspecified atom stereocenters. The molecule has 3 heteroatoms. The SMILES string of the molecule is CCNC1CCN(CC(C)(C)CCOC)C(C)C1C. The van der Waals surface area contributed by atoms with Crippen LogP contribution < -0.4 is 5.32 Å². The van der Waals surface area contributed by atoms with E-state index in [1.54, 1.807) is 7.11 Å². The largest absolute Gasteiger partial charge is 0.385 e. The molecule has 1 aliphatic heterocycles. The van der Waals surface area contributed by atoms with Crippen LogP contribution >= 0.6 is 0 Å². The lowest BCUT2D eigenvalue weighted by Gasteiger charge is -2.46. The van der Waals surface area contributed by atoms with Gasteiger partial charge in [-0.1, -0.05) is 27.7 Å². The van der Waals surface area contributed by atoms with Crippen molar-refractivity contribution in [3.8, 4) is 0 Å². The summed E-state index contributed by atoms with van der Waals surface area (Å²) in [4.78, 5) is 2.67. The maximum atomic E-state index is 5.24. The smallest absolute Gasteiger partial charge is 0.0467 e. The van der Waals surface area contributed by atoms with Crippen LogP contribution in [0.4, 0.5) is 0 Å². The van der Waals surface area contributed by atoms with E-state index < -0.39 is 0 Å². The summed E-state index contributed by atoms with van der Waals surface area (Å²) in [5, 5.41) is 3.64. The fraction of sp³-hybridized carbons (Fsp3) is 1.00. The third-order valence-electron chi connectivity index (χ3n) is 4.78. The summed E-state index contributed by atoms with van der Waals surface area (Å²) in [7, 11) is 1.79. The number of rotatable bonds is 7. The van der Waals surface area contributed by atoms with Crippen molar-refractivity contribution in [2.75, 3.05) is 33.4 Å². The molecule has 1 rings (SSSR count). The molecule has 3 atom stereocenters. The van der Waals surface area contributed by atoms with E-state index in [-0.39, 0.29) is 0 Å². The molecule has 1 fully saturated rings. The number of ether oxygens (including phenoxy) is 1. The lowest BCUT2D eigenvalue weighted by molar-refractivity contribution is 0.0407. The molecule has 1 heterocycles. The second kappa shape index (κ2) is 7.61. The molecule has 0 saturated carbocycles. The van der Waals surface area contributed by atoms with Gasteiger partial charge in [-0.05, 0) is 44.2 Å². The van der Waals surface area contributed by atoms with Crippen LogP contribution in [0.3, 0.4) is 0 Å². The molecule has 0 bridgehead atoms. The van der Waals surface area contributed by atoms with Gasteiger partial charge in [0.1, 0.15) is 0 Å². The quantitative estimate of drug-likeness (QED) is 0.770. The first-order valence-electron chi connectivity index (χ1n) is 7.87. The summed E-state index contributed by atoms with van der Waals surface area (Å²) < 4.78 is 5.24. The molecule has 1 N–H and O–H groups in total. The fourth-order valence-corrected chi connectivity index (χ4v) is 3.22. The molecule has 0 amide bonds. The maximum absolute atomic E-state index is 5.24. The van der Waals surface area contributed by atoms with E-state index in [4.69, 9.17) is 4.74 Å². The van der Waals surface area contributed by atoms with Crippen LogP contribution in [0.5, 0.6) is 0 Å². The summed E-state index contributed by atoms with van der Waals surface area (Å²) in [6.07, 6.45) is 2.41. The average molecular weight is 270 g/mol. The second-order valence-electron chi connectivity index (χ2n) is 6.93. The molecular formula is C16H34N2O. The zero-order valence-corrected chi connectivity index (χ0v) is 13.8. The van der Waals surface area contributed by atoms with Gasteiger partial charge >= 0.3 is 0 Å². The summed E-state index contributed by atoms with van der Waals surface area (Å²) in [5.41, 5.74) is 0.342. The molecule has 19 heavy (non-hydrogen) atoms. The van der Waals surface area contributed by atoms with Gasteiger partial charge in [-0.2, -0.15) is 0 Å². The Morgan fingerprint density at radius 2 is 2.00 bits per heavy atom. The van der Waals surface area contributed by atoms with Crippen molar-refractivity contribution in [1.29, 1.82) is 0 Å². The van der Waals surface area contributed by atoms with Crippen LogP contribution in [0.1, 0.15) is 47.5 Å². The first kappa shape index (κ1) is 16.9. The topological polar surface area (TPSA) is 24.5 Å². The van der Waals surface area contributed by atoms with Crippen molar-refractivity contribution >= 4 is 0 Å². The molecule has 0 aromatic carbocycles. The number of piperidine rings is 1. The Morgan fingerprint density at radius 3 is 2.58 bits per heavy atom. The summed E-state index contributed by atoms with van der Waals surface area (Å²) >= 11 is 0. The van der Waals surface area contributed by atoms with Crippen LogP contribution in [0.2, 0.25) is 0 Å². The molecule has 0 aromatic rings. The Labute approximate surface area is 120 Å². The van der Waals surface area contributed by atoms with E-state index in [0.29, 0.717) is 17.5 Å². The summed E-state index contributed by atoms with van der Waals surface area (Å²) in [6, 6.07) is 1.36. The van der Waals surface area contributed by atoms with E-state index in [1.165, 1.54) is 19.5 Å². The Morgan fingerprint density at radius 1 is 1.32 bits per heavy atom. The Hall–Kier alpha value is -0.120. The second-order valence-corrected chi connectivity index (χ2v) is 6.93. The molecule has 1 saturated heterocycles. The number of hydrogen-bond acceptors (Lipinski definition) is 3. The van der Waals surface area contributed by atoms with Crippen molar-refractivity contribution in [2.24, 2.45) is 11.3 Å². The van der Waals surface area contributed by atoms with E-state index in [9.17, 15) is 0 Å². The molecule has 0 aromatic heterocycles. The number of likely N-dealkylation sites (tertiary alicyclic amines) is 1. The van der Waals surface area contributed by atoms with Crippen molar-refractivity contribution in [3.63, 3.8) is 0 Å². The molecule has 114 valence electrons. The van der Waals surface area contributed by atoms with Crippen molar-refractivity contribution < 1.29 is 4.74 Å². The predicted octanol–water partition coefficient (Wildman–Crippen LogP) is 2.76. The Bertz CT molecular complexity index is 255. The van der Waals surface area contributed by atoms with Crippen LogP contribution in [-0.4, -0.2) is 50.3 Å². The van der Waals surface area contributed by atoms with Gasteiger partial charge in [0.25, 0.3) is 0 Å². The van der Waals surface area contributed by atoms with E-state index in [1.807, 2.05) is 0 Å². The maximum Gasteiger partial charge on any atom is 0.0467 e. The number of nitrogens with one attached hydrogen (secondary N) is 1. The Balaban J connectivity index is 2.52. The third-order valence-corrected chi connectivity index (χ3v) is 4.78. The third kappa shape index (κ3) is 5.05. The molecular weight excluding hydrogens is 236 g/mol. The number of nitrogens with zero attached hydrogens (tertiary/aromatic N) is 1.